The summed E-state index contributed by atoms with van der Waals surface area (Å²) in [6.45, 7) is 2.12. The SMILES string of the molecule is Cc1cc[n+](C(c2ccccc2)c2ccccc2)cc1. The number of nitrogens with zero attached hydrogens (tertiary/aromatic N) is 1. The quantitative estimate of drug-likeness (QED) is 0.628. The van der Waals surface area contributed by atoms with Crippen LogP contribution in [0.3, 0.4) is 0 Å². The van der Waals surface area contributed by atoms with Crippen LogP contribution in [0.5, 0.6) is 0 Å². The summed E-state index contributed by atoms with van der Waals surface area (Å²) in [6.07, 6.45) is 4.31. The molecule has 3 aromatic rings. The lowest BCUT2D eigenvalue weighted by atomic mass is 9.98. The lowest BCUT2D eigenvalue weighted by Crippen LogP contribution is -2.40. The minimum absolute atomic E-state index is 0.220. The van der Waals surface area contributed by atoms with E-state index in [1.807, 2.05) is 0 Å². The zero-order valence-electron chi connectivity index (χ0n) is 11.6. The number of aromatic nitrogens is 1. The van der Waals surface area contributed by atoms with E-state index < -0.39 is 0 Å². The Morgan fingerprint density at radius 3 is 1.55 bits per heavy atom. The maximum Gasteiger partial charge on any atom is 0.208 e. The molecule has 0 aliphatic heterocycles. The lowest BCUT2D eigenvalue weighted by Gasteiger charge is -2.13. The molecule has 1 heteroatoms. The standard InChI is InChI=1S/C19H18N/c1-16-12-14-20(15-13-16)19(17-8-4-2-5-9-17)18-10-6-3-7-11-18/h2-15,19H,1H3/q+1. The Labute approximate surface area is 120 Å². The molecule has 0 unspecified atom stereocenters. The second kappa shape index (κ2) is 5.70. The van der Waals surface area contributed by atoms with Gasteiger partial charge in [-0.2, -0.15) is 4.57 Å². The Hall–Kier alpha value is -2.41. The van der Waals surface area contributed by atoms with Crippen molar-refractivity contribution in [2.24, 2.45) is 0 Å². The van der Waals surface area contributed by atoms with Gasteiger partial charge in [-0.3, -0.25) is 0 Å². The van der Waals surface area contributed by atoms with Crippen molar-refractivity contribution in [2.75, 3.05) is 0 Å². The summed E-state index contributed by atoms with van der Waals surface area (Å²) in [5, 5.41) is 0. The van der Waals surface area contributed by atoms with Crippen molar-refractivity contribution in [1.29, 1.82) is 0 Å². The predicted molar refractivity (Wildman–Crippen MR) is 81.5 cm³/mol. The first kappa shape index (κ1) is 12.6. The normalized spacial score (nSPS) is 10.7. The second-order valence-corrected chi connectivity index (χ2v) is 5.05. The molecule has 1 nitrogen and oxygen atoms in total. The monoisotopic (exact) mass is 260 g/mol. The molecule has 1 heterocycles. The van der Waals surface area contributed by atoms with Crippen LogP contribution in [0.2, 0.25) is 0 Å². The molecule has 1 aromatic heterocycles. The number of pyridine rings is 1. The Morgan fingerprint density at radius 2 is 1.10 bits per heavy atom. The highest BCUT2D eigenvalue weighted by Gasteiger charge is 2.22. The average molecular weight is 260 g/mol. The summed E-state index contributed by atoms with van der Waals surface area (Å²) in [5.74, 6) is 0. The van der Waals surface area contributed by atoms with Crippen LogP contribution < -0.4 is 4.57 Å². The minimum atomic E-state index is 0.220. The van der Waals surface area contributed by atoms with E-state index in [2.05, 4.69) is 96.7 Å². The maximum atomic E-state index is 2.26. The number of benzene rings is 2. The lowest BCUT2D eigenvalue weighted by molar-refractivity contribution is -0.704. The van der Waals surface area contributed by atoms with Gasteiger partial charge in [0.25, 0.3) is 0 Å². The highest BCUT2D eigenvalue weighted by atomic mass is 15.0. The molecule has 0 radical (unpaired) electrons. The number of aryl methyl sites for hydroxylation is 1. The molecule has 2 aromatic carbocycles. The van der Waals surface area contributed by atoms with Crippen molar-refractivity contribution >= 4 is 0 Å². The highest BCUT2D eigenvalue weighted by molar-refractivity contribution is 5.29. The third-order valence-corrected chi connectivity index (χ3v) is 3.55. The first-order valence-corrected chi connectivity index (χ1v) is 6.92. The Morgan fingerprint density at radius 1 is 0.650 bits per heavy atom. The van der Waals surface area contributed by atoms with Crippen LogP contribution in [0.1, 0.15) is 22.7 Å². The van der Waals surface area contributed by atoms with Gasteiger partial charge in [-0.15, -0.1) is 0 Å². The predicted octanol–water partition coefficient (Wildman–Crippen LogP) is 3.92. The largest absolute Gasteiger partial charge is 0.208 e. The molecule has 3 rings (SSSR count). The second-order valence-electron chi connectivity index (χ2n) is 5.05. The number of hydrogen-bond donors (Lipinski definition) is 0. The third kappa shape index (κ3) is 2.62. The maximum absolute atomic E-state index is 2.26. The molecule has 20 heavy (non-hydrogen) atoms. The molecule has 0 atom stereocenters. The van der Waals surface area contributed by atoms with Crippen molar-refractivity contribution in [1.82, 2.24) is 0 Å². The fourth-order valence-electron chi connectivity index (χ4n) is 2.49. The van der Waals surface area contributed by atoms with E-state index in [9.17, 15) is 0 Å². The van der Waals surface area contributed by atoms with E-state index in [0.29, 0.717) is 0 Å². The first-order chi connectivity index (χ1) is 9.84. The van der Waals surface area contributed by atoms with Crippen molar-refractivity contribution in [3.63, 3.8) is 0 Å². The Kier molecular flexibility index (Phi) is 3.60. The Balaban J connectivity index is 2.11. The molecule has 0 aliphatic rings. The van der Waals surface area contributed by atoms with E-state index in [-0.39, 0.29) is 6.04 Å². The molecule has 0 aliphatic carbocycles. The summed E-state index contributed by atoms with van der Waals surface area (Å²) in [4.78, 5) is 0. The topological polar surface area (TPSA) is 3.88 Å². The van der Waals surface area contributed by atoms with Crippen LogP contribution in [0.4, 0.5) is 0 Å². The van der Waals surface area contributed by atoms with Gasteiger partial charge in [0, 0.05) is 23.3 Å². The van der Waals surface area contributed by atoms with E-state index in [1.54, 1.807) is 0 Å². The summed E-state index contributed by atoms with van der Waals surface area (Å²) in [5.41, 5.74) is 3.88. The average Bonchev–Trinajstić information content (AvgIpc) is 2.52. The molecule has 0 bridgehead atoms. The molecular weight excluding hydrogens is 242 g/mol. The van der Waals surface area contributed by atoms with Crippen molar-refractivity contribution in [2.45, 2.75) is 13.0 Å². The third-order valence-electron chi connectivity index (χ3n) is 3.55. The van der Waals surface area contributed by atoms with Gasteiger partial charge in [-0.1, -0.05) is 60.7 Å². The summed E-state index contributed by atoms with van der Waals surface area (Å²) >= 11 is 0. The van der Waals surface area contributed by atoms with Crippen LogP contribution in [0.25, 0.3) is 0 Å². The van der Waals surface area contributed by atoms with Crippen LogP contribution in [0, 0.1) is 6.92 Å². The van der Waals surface area contributed by atoms with Gasteiger partial charge in [0.15, 0.2) is 12.4 Å². The first-order valence-electron chi connectivity index (χ1n) is 6.92. The highest BCUT2D eigenvalue weighted by Crippen LogP contribution is 2.21. The summed E-state index contributed by atoms with van der Waals surface area (Å²) in [6, 6.07) is 25.8. The molecule has 0 N–H and O–H groups in total. The number of hydrogen-bond acceptors (Lipinski definition) is 0. The van der Waals surface area contributed by atoms with Crippen LogP contribution in [0.15, 0.2) is 85.2 Å². The number of rotatable bonds is 3. The molecule has 98 valence electrons. The smallest absolute Gasteiger partial charge is 0.194 e. The summed E-state index contributed by atoms with van der Waals surface area (Å²) in [7, 11) is 0. The summed E-state index contributed by atoms with van der Waals surface area (Å²) < 4.78 is 2.26. The van der Waals surface area contributed by atoms with Crippen molar-refractivity contribution < 1.29 is 4.57 Å². The minimum Gasteiger partial charge on any atom is -0.194 e. The van der Waals surface area contributed by atoms with Crippen LogP contribution in [-0.2, 0) is 0 Å². The zero-order valence-corrected chi connectivity index (χ0v) is 11.6. The van der Waals surface area contributed by atoms with Gasteiger partial charge in [0.05, 0.1) is 0 Å². The fourth-order valence-corrected chi connectivity index (χ4v) is 2.49. The van der Waals surface area contributed by atoms with Gasteiger partial charge in [0.1, 0.15) is 0 Å². The molecule has 0 spiro atoms. The van der Waals surface area contributed by atoms with E-state index >= 15 is 0 Å². The van der Waals surface area contributed by atoms with E-state index in [0.717, 1.165) is 0 Å². The fraction of sp³-hybridized carbons (Fsp3) is 0.105. The van der Waals surface area contributed by atoms with Crippen molar-refractivity contribution in [3.05, 3.63) is 102 Å². The van der Waals surface area contributed by atoms with Gasteiger partial charge < -0.3 is 0 Å². The zero-order chi connectivity index (χ0) is 13.8. The van der Waals surface area contributed by atoms with E-state index in [1.165, 1.54) is 16.7 Å². The molecular formula is C19H18N+. The Bertz CT molecular complexity index is 618. The van der Waals surface area contributed by atoms with Crippen LogP contribution >= 0.6 is 0 Å². The van der Waals surface area contributed by atoms with Gasteiger partial charge >= 0.3 is 0 Å². The molecule has 0 fully saturated rings. The molecule has 0 saturated heterocycles. The van der Waals surface area contributed by atoms with Crippen LogP contribution in [-0.4, -0.2) is 0 Å². The molecule has 0 amide bonds. The van der Waals surface area contributed by atoms with Gasteiger partial charge in [-0.05, 0) is 12.5 Å². The van der Waals surface area contributed by atoms with Gasteiger partial charge in [-0.25, -0.2) is 0 Å². The molecule has 0 saturated carbocycles. The van der Waals surface area contributed by atoms with Gasteiger partial charge in [0.2, 0.25) is 6.04 Å². The van der Waals surface area contributed by atoms with E-state index in [4.69, 9.17) is 0 Å². The van der Waals surface area contributed by atoms with Crippen molar-refractivity contribution in [3.8, 4) is 0 Å².